The number of amides is 1. The summed E-state index contributed by atoms with van der Waals surface area (Å²) in [7, 11) is -3.29. The Bertz CT molecular complexity index is 1160. The molecule has 31 heavy (non-hydrogen) atoms. The van der Waals surface area contributed by atoms with Crippen LogP contribution in [0.25, 0.3) is 11.2 Å². The SMILES string of the molecule is O=C(Nc1ncnc2c1ncn2[C@@H]1O[C@]2(CO)CO[C@@H]1[C@@H]2O[PH](=O)O)c1ccccc1. The summed E-state index contributed by atoms with van der Waals surface area (Å²) in [5.41, 5.74) is -0.137. The number of fused-ring (bicyclic) bond motifs is 3. The normalized spacial score (nSPS) is 28.1. The van der Waals surface area contributed by atoms with Crippen LogP contribution in [0.4, 0.5) is 5.82 Å². The highest BCUT2D eigenvalue weighted by Crippen LogP contribution is 2.49. The van der Waals surface area contributed by atoms with Gasteiger partial charge in [-0.1, -0.05) is 18.2 Å². The highest BCUT2D eigenvalue weighted by Gasteiger charge is 2.63. The van der Waals surface area contributed by atoms with Crippen LogP contribution in [0.1, 0.15) is 16.6 Å². The standard InChI is InChI=1S/C18H18N5O7P/c24-6-18-7-28-12(13(18)30-31(26)27)17(29-18)23-9-21-11-14(19-8-20-15(11)23)22-16(25)10-4-2-1-3-5-10/h1-5,8-9,12-13,17,24,31H,6-7H2,(H,26,27)(H,19,20,22,25)/t12-,13+,17-,18-/m1/s1. The van der Waals surface area contributed by atoms with Gasteiger partial charge in [-0.15, -0.1) is 0 Å². The minimum atomic E-state index is -3.29. The fraction of sp³-hybridized carbons (Fsp3) is 0.333. The Morgan fingerprint density at radius 1 is 1.32 bits per heavy atom. The summed E-state index contributed by atoms with van der Waals surface area (Å²) in [5.74, 6) is -0.137. The van der Waals surface area contributed by atoms with Crippen molar-refractivity contribution in [1.82, 2.24) is 19.5 Å². The molecule has 0 aliphatic carbocycles. The number of carbonyl (C=O) groups is 1. The van der Waals surface area contributed by atoms with Gasteiger partial charge in [-0.3, -0.25) is 13.9 Å². The van der Waals surface area contributed by atoms with Crippen molar-refractivity contribution in [3.63, 3.8) is 0 Å². The molecule has 2 fully saturated rings. The molecular weight excluding hydrogens is 429 g/mol. The quantitative estimate of drug-likeness (QED) is 0.455. The number of aliphatic hydroxyl groups is 1. The van der Waals surface area contributed by atoms with Crippen molar-refractivity contribution in [2.45, 2.75) is 24.0 Å². The van der Waals surface area contributed by atoms with Crippen molar-refractivity contribution in [3.05, 3.63) is 48.5 Å². The number of hydrogen-bond acceptors (Lipinski definition) is 9. The molecule has 2 aliphatic rings. The van der Waals surface area contributed by atoms with Gasteiger partial charge < -0.3 is 29.3 Å². The molecule has 0 radical (unpaired) electrons. The lowest BCUT2D eigenvalue weighted by Crippen LogP contribution is -2.44. The van der Waals surface area contributed by atoms with Crippen molar-refractivity contribution in [2.75, 3.05) is 18.5 Å². The summed E-state index contributed by atoms with van der Waals surface area (Å²) < 4.78 is 29.7. The zero-order chi connectivity index (χ0) is 21.6. The largest absolute Gasteiger partial charge is 0.393 e. The third kappa shape index (κ3) is 3.33. The molecule has 2 saturated heterocycles. The number of imidazole rings is 1. The monoisotopic (exact) mass is 447 g/mol. The van der Waals surface area contributed by atoms with Crippen molar-refractivity contribution in [1.29, 1.82) is 0 Å². The van der Waals surface area contributed by atoms with Gasteiger partial charge in [0.1, 0.15) is 24.1 Å². The molecule has 5 rings (SSSR count). The molecule has 2 aliphatic heterocycles. The Kier molecular flexibility index (Phi) is 5.05. The molecule has 5 atom stereocenters. The summed E-state index contributed by atoms with van der Waals surface area (Å²) in [6.07, 6.45) is 0.205. The summed E-state index contributed by atoms with van der Waals surface area (Å²) in [5, 5.41) is 12.6. The number of carbonyl (C=O) groups excluding carboxylic acids is 1. The summed E-state index contributed by atoms with van der Waals surface area (Å²) >= 11 is 0. The Labute approximate surface area is 175 Å². The molecule has 162 valence electrons. The third-order valence-corrected chi connectivity index (χ3v) is 5.83. The predicted octanol–water partition coefficient (Wildman–Crippen LogP) is 0.505. The minimum Gasteiger partial charge on any atom is -0.393 e. The van der Waals surface area contributed by atoms with Gasteiger partial charge in [-0.2, -0.15) is 0 Å². The molecule has 1 amide bonds. The molecule has 0 saturated carbocycles. The molecule has 13 heteroatoms. The smallest absolute Gasteiger partial charge is 0.317 e. The first-order chi connectivity index (χ1) is 15.0. The second kappa shape index (κ2) is 7.75. The van der Waals surface area contributed by atoms with Gasteiger partial charge in [0.25, 0.3) is 5.91 Å². The lowest BCUT2D eigenvalue weighted by atomic mass is 10.0. The Morgan fingerprint density at radius 2 is 2.13 bits per heavy atom. The van der Waals surface area contributed by atoms with Gasteiger partial charge in [-0.25, -0.2) is 15.0 Å². The van der Waals surface area contributed by atoms with Crippen molar-refractivity contribution in [2.24, 2.45) is 0 Å². The molecule has 2 aromatic heterocycles. The first-order valence-corrected chi connectivity index (χ1v) is 10.6. The number of benzene rings is 1. The fourth-order valence-corrected chi connectivity index (χ4v) is 4.48. The van der Waals surface area contributed by atoms with E-state index in [1.165, 1.54) is 12.7 Å². The first-order valence-electron chi connectivity index (χ1n) is 9.36. The first kappa shape index (κ1) is 20.2. The maximum Gasteiger partial charge on any atom is 0.317 e. The summed E-state index contributed by atoms with van der Waals surface area (Å²) in [6, 6.07) is 8.66. The highest BCUT2D eigenvalue weighted by molar-refractivity contribution is 7.32. The van der Waals surface area contributed by atoms with Gasteiger partial charge in [0.2, 0.25) is 0 Å². The number of hydrogen-bond donors (Lipinski definition) is 3. The van der Waals surface area contributed by atoms with E-state index < -0.39 is 38.9 Å². The lowest BCUT2D eigenvalue weighted by molar-refractivity contribution is -0.184. The van der Waals surface area contributed by atoms with E-state index in [-0.39, 0.29) is 18.3 Å². The van der Waals surface area contributed by atoms with Crippen LogP contribution < -0.4 is 5.32 Å². The Morgan fingerprint density at radius 3 is 2.87 bits per heavy atom. The van der Waals surface area contributed by atoms with Crippen LogP contribution in [0, 0.1) is 0 Å². The molecule has 3 N–H and O–H groups in total. The maximum absolute atomic E-state index is 12.5. The molecular formula is C18H18N5O7P. The van der Waals surface area contributed by atoms with E-state index in [9.17, 15) is 19.4 Å². The van der Waals surface area contributed by atoms with Gasteiger partial charge >= 0.3 is 8.25 Å². The second-order valence-corrected chi connectivity index (χ2v) is 7.95. The van der Waals surface area contributed by atoms with Gasteiger partial charge in [0.05, 0.1) is 19.5 Å². The molecule has 12 nitrogen and oxygen atoms in total. The molecule has 1 unspecified atom stereocenters. The average molecular weight is 447 g/mol. The second-order valence-electron chi connectivity index (χ2n) is 7.18. The van der Waals surface area contributed by atoms with Crippen LogP contribution in [0.5, 0.6) is 0 Å². The topological polar surface area (TPSA) is 158 Å². The van der Waals surface area contributed by atoms with E-state index in [1.807, 2.05) is 6.07 Å². The molecule has 1 aromatic carbocycles. The summed E-state index contributed by atoms with van der Waals surface area (Å²) in [4.78, 5) is 34.4. The Hall–Kier alpha value is -2.73. The van der Waals surface area contributed by atoms with E-state index in [0.29, 0.717) is 16.7 Å². The summed E-state index contributed by atoms with van der Waals surface area (Å²) in [6.45, 7) is -0.440. The highest BCUT2D eigenvalue weighted by atomic mass is 31.1. The van der Waals surface area contributed by atoms with Crippen LogP contribution in [-0.4, -0.2) is 66.4 Å². The number of rotatable bonds is 6. The zero-order valence-corrected chi connectivity index (χ0v) is 16.9. The van der Waals surface area contributed by atoms with Crippen molar-refractivity contribution >= 4 is 31.1 Å². The fourth-order valence-electron chi connectivity index (χ4n) is 3.92. The Balaban J connectivity index is 1.47. The zero-order valence-electron chi connectivity index (χ0n) is 15.9. The van der Waals surface area contributed by atoms with Crippen LogP contribution in [0.3, 0.4) is 0 Å². The van der Waals surface area contributed by atoms with Crippen LogP contribution in [0.2, 0.25) is 0 Å². The number of anilines is 1. The number of nitrogens with one attached hydrogen (secondary N) is 1. The molecule has 2 bridgehead atoms. The van der Waals surface area contributed by atoms with Crippen LogP contribution in [-0.2, 0) is 18.6 Å². The van der Waals surface area contributed by atoms with E-state index in [1.54, 1.807) is 28.8 Å². The number of nitrogens with zero attached hydrogens (tertiary/aromatic N) is 4. The predicted molar refractivity (Wildman–Crippen MR) is 105 cm³/mol. The van der Waals surface area contributed by atoms with E-state index in [2.05, 4.69) is 20.3 Å². The molecule has 3 aromatic rings. The third-order valence-electron chi connectivity index (χ3n) is 5.37. The van der Waals surface area contributed by atoms with Crippen molar-refractivity contribution in [3.8, 4) is 0 Å². The average Bonchev–Trinajstić information content (AvgIpc) is 3.44. The molecule has 4 heterocycles. The van der Waals surface area contributed by atoms with Crippen LogP contribution >= 0.6 is 8.25 Å². The van der Waals surface area contributed by atoms with Gasteiger partial charge in [-0.05, 0) is 12.1 Å². The van der Waals surface area contributed by atoms with Crippen LogP contribution in [0.15, 0.2) is 43.0 Å². The maximum atomic E-state index is 12.5. The van der Waals surface area contributed by atoms with Gasteiger partial charge in [0, 0.05) is 5.56 Å². The van der Waals surface area contributed by atoms with E-state index in [4.69, 9.17) is 14.0 Å². The van der Waals surface area contributed by atoms with E-state index >= 15 is 0 Å². The van der Waals surface area contributed by atoms with Gasteiger partial charge in [0.15, 0.2) is 23.2 Å². The number of ether oxygens (including phenoxy) is 2. The number of aromatic nitrogens is 4. The molecule has 0 spiro atoms. The number of aliphatic hydroxyl groups excluding tert-OH is 1. The van der Waals surface area contributed by atoms with E-state index in [0.717, 1.165) is 0 Å². The lowest BCUT2D eigenvalue weighted by Gasteiger charge is -2.29. The van der Waals surface area contributed by atoms with Crippen molar-refractivity contribution < 1.29 is 33.4 Å². The minimum absolute atomic E-state index is 0.0183.